The molecule has 0 amide bonds. The number of halogens is 1. The van der Waals surface area contributed by atoms with E-state index in [0.29, 0.717) is 0 Å². The molecule has 2 aromatic heterocycles. The minimum atomic E-state index is -0.270. The second-order valence-corrected chi connectivity index (χ2v) is 10.6. The van der Waals surface area contributed by atoms with Crippen LogP contribution >= 0.6 is 0 Å². The molecule has 0 radical (unpaired) electrons. The molecule has 0 bridgehead atoms. The maximum absolute atomic E-state index is 13.3. The lowest BCUT2D eigenvalue weighted by Crippen LogP contribution is -2.42. The van der Waals surface area contributed by atoms with Crippen molar-refractivity contribution in [3.8, 4) is 0 Å². The largest absolute Gasteiger partial charge is 0.372 e. The van der Waals surface area contributed by atoms with Crippen LogP contribution in [0.25, 0.3) is 0 Å². The fraction of sp³-hybridized carbons (Fsp3) is 0.615. The first-order valence-electron chi connectivity index (χ1n) is 11.8. The molecule has 0 N–H and O–H groups in total. The Kier molecular flexibility index (Phi) is 5.17. The SMILES string of the molecule is Cc1ccc(C2(N3CC[C@](CCc4ccc(F)cn4)(C4CCC(C)(C)O4)C3)CC2)cn1. The van der Waals surface area contributed by atoms with E-state index < -0.39 is 0 Å². The van der Waals surface area contributed by atoms with Crippen LogP contribution in [0.1, 0.15) is 69.3 Å². The number of hydrogen-bond donors (Lipinski definition) is 0. The van der Waals surface area contributed by atoms with Crippen LogP contribution in [-0.4, -0.2) is 39.7 Å². The second-order valence-electron chi connectivity index (χ2n) is 10.6. The topological polar surface area (TPSA) is 38.2 Å². The zero-order chi connectivity index (χ0) is 21.7. The summed E-state index contributed by atoms with van der Waals surface area (Å²) in [5, 5.41) is 0. The molecule has 2 aliphatic heterocycles. The van der Waals surface area contributed by atoms with Gasteiger partial charge in [-0.3, -0.25) is 14.9 Å². The lowest BCUT2D eigenvalue weighted by molar-refractivity contribution is -0.0778. The Morgan fingerprint density at radius 1 is 1.06 bits per heavy atom. The lowest BCUT2D eigenvalue weighted by Gasteiger charge is -2.38. The van der Waals surface area contributed by atoms with E-state index in [1.807, 2.05) is 13.0 Å². The molecule has 5 heteroatoms. The molecule has 3 aliphatic rings. The van der Waals surface area contributed by atoms with E-state index in [-0.39, 0.29) is 28.5 Å². The second kappa shape index (κ2) is 7.63. The van der Waals surface area contributed by atoms with Gasteiger partial charge >= 0.3 is 0 Å². The smallest absolute Gasteiger partial charge is 0.141 e. The Hall–Kier alpha value is -1.85. The molecule has 2 atom stereocenters. The van der Waals surface area contributed by atoms with Crippen molar-refractivity contribution in [3.05, 3.63) is 59.4 Å². The van der Waals surface area contributed by atoms with Crippen LogP contribution in [0.5, 0.6) is 0 Å². The summed E-state index contributed by atoms with van der Waals surface area (Å²) in [5.41, 5.74) is 3.64. The Bertz CT molecular complexity index is 923. The van der Waals surface area contributed by atoms with E-state index in [1.54, 1.807) is 0 Å². The third-order valence-electron chi connectivity index (χ3n) is 7.98. The van der Waals surface area contributed by atoms with Crippen LogP contribution in [0.2, 0.25) is 0 Å². The molecule has 5 rings (SSSR count). The van der Waals surface area contributed by atoms with E-state index in [4.69, 9.17) is 4.74 Å². The van der Waals surface area contributed by atoms with Crippen LogP contribution in [0.3, 0.4) is 0 Å². The predicted molar refractivity (Wildman–Crippen MR) is 119 cm³/mol. The van der Waals surface area contributed by atoms with Crippen molar-refractivity contribution < 1.29 is 9.13 Å². The zero-order valence-electron chi connectivity index (χ0n) is 19.0. The molecular weight excluding hydrogens is 389 g/mol. The van der Waals surface area contributed by atoms with E-state index in [0.717, 1.165) is 56.6 Å². The van der Waals surface area contributed by atoms with Crippen molar-refractivity contribution in [2.45, 2.75) is 83.0 Å². The number of rotatable bonds is 6. The maximum atomic E-state index is 13.3. The van der Waals surface area contributed by atoms with Crippen molar-refractivity contribution in [2.75, 3.05) is 13.1 Å². The van der Waals surface area contributed by atoms with Gasteiger partial charge in [-0.15, -0.1) is 0 Å². The molecule has 1 unspecified atom stereocenters. The Labute approximate surface area is 185 Å². The first-order valence-corrected chi connectivity index (χ1v) is 11.8. The van der Waals surface area contributed by atoms with Gasteiger partial charge in [0.2, 0.25) is 0 Å². The number of nitrogens with zero attached hydrogens (tertiary/aromatic N) is 3. The highest BCUT2D eigenvalue weighted by Crippen LogP contribution is 2.56. The number of pyridine rings is 2. The number of aryl methyl sites for hydroxylation is 2. The summed E-state index contributed by atoms with van der Waals surface area (Å²) >= 11 is 0. The summed E-state index contributed by atoms with van der Waals surface area (Å²) in [6.45, 7) is 8.64. The molecular formula is C26H34FN3O. The number of ether oxygens (including phenoxy) is 1. The number of likely N-dealkylation sites (tertiary alicyclic amines) is 1. The monoisotopic (exact) mass is 423 g/mol. The summed E-state index contributed by atoms with van der Waals surface area (Å²) in [4.78, 5) is 11.6. The maximum Gasteiger partial charge on any atom is 0.141 e. The molecule has 2 aromatic rings. The molecule has 166 valence electrons. The first kappa shape index (κ1) is 21.0. The molecule has 2 saturated heterocycles. The van der Waals surface area contributed by atoms with Crippen LogP contribution < -0.4 is 0 Å². The summed E-state index contributed by atoms with van der Waals surface area (Å²) < 4.78 is 19.9. The molecule has 0 spiro atoms. The number of aromatic nitrogens is 2. The number of hydrogen-bond acceptors (Lipinski definition) is 4. The highest BCUT2D eigenvalue weighted by Gasteiger charge is 2.57. The van der Waals surface area contributed by atoms with Crippen molar-refractivity contribution in [1.29, 1.82) is 0 Å². The summed E-state index contributed by atoms with van der Waals surface area (Å²) in [7, 11) is 0. The zero-order valence-corrected chi connectivity index (χ0v) is 19.0. The Morgan fingerprint density at radius 2 is 1.90 bits per heavy atom. The van der Waals surface area contributed by atoms with Crippen LogP contribution in [0.15, 0.2) is 36.7 Å². The van der Waals surface area contributed by atoms with Gasteiger partial charge in [0.15, 0.2) is 0 Å². The van der Waals surface area contributed by atoms with E-state index in [2.05, 4.69) is 47.0 Å². The van der Waals surface area contributed by atoms with E-state index >= 15 is 0 Å². The highest BCUT2D eigenvalue weighted by atomic mass is 19.1. The van der Waals surface area contributed by atoms with Crippen molar-refractivity contribution in [2.24, 2.45) is 5.41 Å². The Balaban J connectivity index is 1.38. The summed E-state index contributed by atoms with van der Waals surface area (Å²) in [5.74, 6) is -0.270. The van der Waals surface area contributed by atoms with Gasteiger partial charge in [0.25, 0.3) is 0 Å². The first-order chi connectivity index (χ1) is 14.8. The van der Waals surface area contributed by atoms with Gasteiger partial charge < -0.3 is 4.74 Å². The normalized spacial score (nSPS) is 29.4. The molecule has 0 aromatic carbocycles. The third-order valence-corrected chi connectivity index (χ3v) is 7.98. The molecule has 4 nitrogen and oxygen atoms in total. The summed E-state index contributed by atoms with van der Waals surface area (Å²) in [6, 6.07) is 7.76. The van der Waals surface area contributed by atoms with Gasteiger partial charge in [-0.25, -0.2) is 4.39 Å². The third kappa shape index (κ3) is 4.03. The standard InChI is InChI=1S/C26H34FN3O/c1-19-4-5-20(16-28-19)26(12-13-26)30-15-14-25(18-30,23-9-10-24(2,3)31-23)11-8-22-7-6-21(27)17-29-22/h4-7,16-17,23H,8-15,18H2,1-3H3/t23?,25-/m0/s1. The molecule has 3 fully saturated rings. The van der Waals surface area contributed by atoms with Crippen molar-refractivity contribution in [3.63, 3.8) is 0 Å². The van der Waals surface area contributed by atoms with Gasteiger partial charge in [0.1, 0.15) is 5.82 Å². The lowest BCUT2D eigenvalue weighted by atomic mass is 9.75. The van der Waals surface area contributed by atoms with Gasteiger partial charge in [-0.1, -0.05) is 6.07 Å². The van der Waals surface area contributed by atoms with Crippen LogP contribution in [0.4, 0.5) is 4.39 Å². The van der Waals surface area contributed by atoms with Gasteiger partial charge in [-0.2, -0.15) is 0 Å². The fourth-order valence-corrected chi connectivity index (χ4v) is 5.88. The predicted octanol–water partition coefficient (Wildman–Crippen LogP) is 5.20. The highest BCUT2D eigenvalue weighted by molar-refractivity contribution is 5.30. The minimum Gasteiger partial charge on any atom is -0.372 e. The van der Waals surface area contributed by atoms with Gasteiger partial charge in [-0.05, 0) is 96.0 Å². The molecule has 4 heterocycles. The quantitative estimate of drug-likeness (QED) is 0.640. The van der Waals surface area contributed by atoms with Crippen LogP contribution in [0, 0.1) is 18.2 Å². The average molecular weight is 424 g/mol. The fourth-order valence-electron chi connectivity index (χ4n) is 5.88. The molecule has 1 saturated carbocycles. The molecule has 1 aliphatic carbocycles. The van der Waals surface area contributed by atoms with Gasteiger partial charge in [0, 0.05) is 35.1 Å². The minimum absolute atomic E-state index is 0.0443. The van der Waals surface area contributed by atoms with Crippen molar-refractivity contribution in [1.82, 2.24) is 14.9 Å². The molecule has 31 heavy (non-hydrogen) atoms. The van der Waals surface area contributed by atoms with Gasteiger partial charge in [0.05, 0.1) is 17.9 Å². The van der Waals surface area contributed by atoms with E-state index in [9.17, 15) is 4.39 Å². The van der Waals surface area contributed by atoms with Crippen molar-refractivity contribution >= 4 is 0 Å². The van der Waals surface area contributed by atoms with E-state index in [1.165, 1.54) is 30.7 Å². The summed E-state index contributed by atoms with van der Waals surface area (Å²) in [6.07, 6.45) is 11.4. The average Bonchev–Trinajstić information content (AvgIpc) is 3.30. The van der Waals surface area contributed by atoms with Crippen LogP contribution in [-0.2, 0) is 16.7 Å². The Morgan fingerprint density at radius 3 is 2.52 bits per heavy atom.